The first kappa shape index (κ1) is 15.9. The number of aryl methyl sites for hydroxylation is 1. The van der Waals surface area contributed by atoms with Gasteiger partial charge in [-0.3, -0.25) is 0 Å². The van der Waals surface area contributed by atoms with Crippen LogP contribution in [-0.2, 0) is 9.53 Å². The van der Waals surface area contributed by atoms with Crippen molar-refractivity contribution in [2.45, 2.75) is 33.2 Å². The summed E-state index contributed by atoms with van der Waals surface area (Å²) in [4.78, 5) is 32.5. The van der Waals surface area contributed by atoms with Gasteiger partial charge in [-0.25, -0.2) is 19.6 Å². The van der Waals surface area contributed by atoms with Crippen LogP contribution in [0.25, 0.3) is 0 Å². The summed E-state index contributed by atoms with van der Waals surface area (Å²) >= 11 is 0. The first-order chi connectivity index (χ1) is 9.42. The topological polar surface area (TPSA) is 92.6 Å². The molecule has 1 atom stereocenters. The van der Waals surface area contributed by atoms with E-state index in [0.717, 1.165) is 0 Å². The molecule has 1 N–H and O–H groups in total. The van der Waals surface area contributed by atoms with E-state index in [-0.39, 0.29) is 18.1 Å². The van der Waals surface area contributed by atoms with Crippen LogP contribution in [0.3, 0.4) is 0 Å². The van der Waals surface area contributed by atoms with Gasteiger partial charge in [0.05, 0.1) is 17.9 Å². The summed E-state index contributed by atoms with van der Waals surface area (Å²) in [6, 6.07) is -0.706. The van der Waals surface area contributed by atoms with Gasteiger partial charge in [-0.2, -0.15) is 0 Å². The lowest BCUT2D eigenvalue weighted by atomic mass is 10.2. The van der Waals surface area contributed by atoms with E-state index in [1.165, 1.54) is 11.1 Å². The molecule has 7 nitrogen and oxygen atoms in total. The van der Waals surface area contributed by atoms with Gasteiger partial charge >= 0.3 is 11.9 Å². The summed E-state index contributed by atoms with van der Waals surface area (Å²) in [5.41, 5.74) is 0.743. The second kappa shape index (κ2) is 6.83. The molecule has 0 aliphatic carbocycles. The molecule has 1 heterocycles. The summed E-state index contributed by atoms with van der Waals surface area (Å²) in [6.45, 7) is 5.42. The average molecular weight is 281 g/mol. The fourth-order valence-electron chi connectivity index (χ4n) is 1.79. The largest absolute Gasteiger partial charge is 0.480 e. The predicted octanol–water partition coefficient (Wildman–Crippen LogP) is 1.26. The molecular formula is C13H19N3O4. The minimum Gasteiger partial charge on any atom is -0.480 e. The summed E-state index contributed by atoms with van der Waals surface area (Å²) < 4.78 is 4.89. The Morgan fingerprint density at radius 3 is 2.55 bits per heavy atom. The Kier molecular flexibility index (Phi) is 5.42. The molecule has 0 aliphatic heterocycles. The van der Waals surface area contributed by atoms with Crippen LogP contribution in [0.2, 0.25) is 0 Å². The SMILES string of the molecule is CCOC(=O)c1cnc(N(C)C(CC)C(=O)O)nc1C. The van der Waals surface area contributed by atoms with Gasteiger partial charge in [0.15, 0.2) is 0 Å². The molecule has 1 unspecified atom stereocenters. The van der Waals surface area contributed by atoms with Crippen molar-refractivity contribution < 1.29 is 19.4 Å². The summed E-state index contributed by atoms with van der Waals surface area (Å²) in [5, 5.41) is 9.12. The maximum atomic E-state index is 11.6. The quantitative estimate of drug-likeness (QED) is 0.784. The third-order valence-electron chi connectivity index (χ3n) is 2.92. The number of ether oxygens (including phenoxy) is 1. The van der Waals surface area contributed by atoms with Crippen LogP contribution < -0.4 is 4.90 Å². The molecule has 0 saturated carbocycles. The van der Waals surface area contributed by atoms with Crippen molar-refractivity contribution in [3.8, 4) is 0 Å². The maximum Gasteiger partial charge on any atom is 0.341 e. The molecule has 0 radical (unpaired) electrons. The molecule has 0 aliphatic rings. The van der Waals surface area contributed by atoms with Gasteiger partial charge in [0, 0.05) is 13.2 Å². The van der Waals surface area contributed by atoms with Crippen molar-refractivity contribution in [2.75, 3.05) is 18.6 Å². The van der Waals surface area contributed by atoms with E-state index < -0.39 is 18.0 Å². The standard InChI is InChI=1S/C13H19N3O4/c1-5-10(11(17)18)16(4)13-14-7-9(8(3)15-13)12(19)20-6-2/h7,10H,5-6H2,1-4H3,(H,17,18). The Morgan fingerprint density at radius 2 is 2.10 bits per heavy atom. The molecular weight excluding hydrogens is 262 g/mol. The highest BCUT2D eigenvalue weighted by atomic mass is 16.5. The highest BCUT2D eigenvalue weighted by Gasteiger charge is 2.23. The molecule has 1 aromatic heterocycles. The van der Waals surface area contributed by atoms with E-state index in [0.29, 0.717) is 12.1 Å². The molecule has 0 spiro atoms. The zero-order valence-corrected chi connectivity index (χ0v) is 12.1. The highest BCUT2D eigenvalue weighted by molar-refractivity contribution is 5.90. The van der Waals surface area contributed by atoms with Gasteiger partial charge in [-0.05, 0) is 20.3 Å². The minimum absolute atomic E-state index is 0.268. The number of anilines is 1. The minimum atomic E-state index is -0.939. The van der Waals surface area contributed by atoms with E-state index in [1.54, 1.807) is 27.8 Å². The Morgan fingerprint density at radius 1 is 1.45 bits per heavy atom. The molecule has 0 fully saturated rings. The molecule has 0 aromatic carbocycles. The lowest BCUT2D eigenvalue weighted by Crippen LogP contribution is -2.39. The smallest absolute Gasteiger partial charge is 0.341 e. The Balaban J connectivity index is 3.02. The number of aromatic nitrogens is 2. The zero-order valence-electron chi connectivity index (χ0n) is 12.1. The summed E-state index contributed by atoms with van der Waals surface area (Å²) in [5.74, 6) is -1.15. The average Bonchev–Trinajstić information content (AvgIpc) is 2.38. The molecule has 1 aromatic rings. The monoisotopic (exact) mass is 281 g/mol. The van der Waals surface area contributed by atoms with Gasteiger partial charge in [0.2, 0.25) is 5.95 Å². The predicted molar refractivity (Wildman–Crippen MR) is 72.8 cm³/mol. The van der Waals surface area contributed by atoms with Crippen LogP contribution in [0.5, 0.6) is 0 Å². The van der Waals surface area contributed by atoms with E-state index in [1.807, 2.05) is 0 Å². The first-order valence-corrected chi connectivity index (χ1v) is 6.38. The fraction of sp³-hybridized carbons (Fsp3) is 0.538. The number of hydrogen-bond acceptors (Lipinski definition) is 6. The van der Waals surface area contributed by atoms with Crippen LogP contribution in [0.15, 0.2) is 6.20 Å². The fourth-order valence-corrected chi connectivity index (χ4v) is 1.79. The number of hydrogen-bond donors (Lipinski definition) is 1. The number of carbonyl (C=O) groups excluding carboxylic acids is 1. The normalized spacial score (nSPS) is 11.8. The van der Waals surface area contributed by atoms with Gasteiger partial charge in [0.1, 0.15) is 6.04 Å². The third kappa shape index (κ3) is 3.43. The first-order valence-electron chi connectivity index (χ1n) is 6.38. The number of carboxylic acid groups (broad SMARTS) is 1. The summed E-state index contributed by atoms with van der Waals surface area (Å²) in [6.07, 6.45) is 1.79. The number of aliphatic carboxylic acids is 1. The number of nitrogens with zero attached hydrogens (tertiary/aromatic N) is 3. The van der Waals surface area contributed by atoms with Crippen LogP contribution in [-0.4, -0.2) is 46.7 Å². The van der Waals surface area contributed by atoms with Gasteiger partial charge < -0.3 is 14.7 Å². The van der Waals surface area contributed by atoms with Crippen molar-refractivity contribution >= 4 is 17.9 Å². The van der Waals surface area contributed by atoms with Gasteiger partial charge in [-0.15, -0.1) is 0 Å². The highest BCUT2D eigenvalue weighted by Crippen LogP contribution is 2.15. The molecule has 0 bridgehead atoms. The van der Waals surface area contributed by atoms with Crippen LogP contribution in [0, 0.1) is 6.92 Å². The van der Waals surface area contributed by atoms with Crippen LogP contribution in [0.1, 0.15) is 36.3 Å². The van der Waals surface area contributed by atoms with Crippen molar-refractivity contribution in [2.24, 2.45) is 0 Å². The van der Waals surface area contributed by atoms with E-state index >= 15 is 0 Å². The van der Waals surface area contributed by atoms with E-state index in [4.69, 9.17) is 9.84 Å². The van der Waals surface area contributed by atoms with Crippen LogP contribution >= 0.6 is 0 Å². The van der Waals surface area contributed by atoms with Crippen LogP contribution in [0.4, 0.5) is 5.95 Å². The molecule has 1 rings (SSSR count). The Bertz CT molecular complexity index is 504. The van der Waals surface area contributed by atoms with E-state index in [2.05, 4.69) is 9.97 Å². The van der Waals surface area contributed by atoms with Crippen molar-refractivity contribution in [1.82, 2.24) is 9.97 Å². The van der Waals surface area contributed by atoms with Crippen molar-refractivity contribution in [3.05, 3.63) is 17.5 Å². The molecule has 0 saturated heterocycles. The zero-order chi connectivity index (χ0) is 15.3. The second-order valence-corrected chi connectivity index (χ2v) is 4.26. The number of rotatable bonds is 6. The lowest BCUT2D eigenvalue weighted by molar-refractivity contribution is -0.138. The maximum absolute atomic E-state index is 11.6. The molecule has 20 heavy (non-hydrogen) atoms. The number of carboxylic acids is 1. The van der Waals surface area contributed by atoms with E-state index in [9.17, 15) is 9.59 Å². The lowest BCUT2D eigenvalue weighted by Gasteiger charge is -2.23. The summed E-state index contributed by atoms with van der Waals surface area (Å²) in [7, 11) is 1.61. The molecule has 110 valence electrons. The van der Waals surface area contributed by atoms with Crippen molar-refractivity contribution in [1.29, 1.82) is 0 Å². The third-order valence-corrected chi connectivity index (χ3v) is 2.92. The Hall–Kier alpha value is -2.18. The molecule has 0 amide bonds. The van der Waals surface area contributed by atoms with Crippen molar-refractivity contribution in [3.63, 3.8) is 0 Å². The van der Waals surface area contributed by atoms with Gasteiger partial charge in [0.25, 0.3) is 0 Å². The second-order valence-electron chi connectivity index (χ2n) is 4.26. The number of esters is 1. The van der Waals surface area contributed by atoms with Gasteiger partial charge in [-0.1, -0.05) is 6.92 Å². The number of carbonyl (C=O) groups is 2. The molecule has 7 heteroatoms. The Labute approximate surface area is 117 Å². The number of likely N-dealkylation sites (N-methyl/N-ethyl adjacent to an activating group) is 1.